The van der Waals surface area contributed by atoms with E-state index in [0.717, 1.165) is 16.2 Å². The molecule has 0 radical (unpaired) electrons. The number of furan rings is 1. The van der Waals surface area contributed by atoms with E-state index in [4.69, 9.17) is 13.5 Å². The van der Waals surface area contributed by atoms with Crippen LogP contribution in [-0.4, -0.2) is 14.2 Å². The molecule has 0 bridgehead atoms. The Labute approximate surface area is 116 Å². The molecular formula is C13H17O4PS. The summed E-state index contributed by atoms with van der Waals surface area (Å²) in [6.07, 6.45) is 0. The molecule has 0 saturated heterocycles. The molecule has 2 aromatic rings. The Morgan fingerprint density at radius 3 is 2.32 bits per heavy atom. The summed E-state index contributed by atoms with van der Waals surface area (Å²) in [5.41, 5.74) is 0.537. The lowest BCUT2D eigenvalue weighted by Crippen LogP contribution is -2.04. The number of thiophene rings is 1. The van der Waals surface area contributed by atoms with Crippen molar-refractivity contribution in [1.29, 1.82) is 0 Å². The third-order valence-corrected chi connectivity index (χ3v) is 6.43. The highest BCUT2D eigenvalue weighted by Gasteiger charge is 2.40. The molecule has 2 aromatic heterocycles. The average Bonchev–Trinajstić information content (AvgIpc) is 3.00. The van der Waals surface area contributed by atoms with Crippen molar-refractivity contribution >= 4 is 18.9 Å². The molecule has 0 saturated carbocycles. The van der Waals surface area contributed by atoms with Crippen molar-refractivity contribution in [1.82, 2.24) is 0 Å². The predicted octanol–water partition coefficient (Wildman–Crippen LogP) is 4.53. The molecule has 0 aromatic carbocycles. The summed E-state index contributed by atoms with van der Waals surface area (Å²) < 4.78 is 28.8. The lowest BCUT2D eigenvalue weighted by molar-refractivity contribution is 0.266. The highest BCUT2D eigenvalue weighted by atomic mass is 32.1. The number of hydrogen-bond donors (Lipinski definition) is 0. The molecule has 0 aliphatic carbocycles. The van der Waals surface area contributed by atoms with Crippen molar-refractivity contribution in [3.63, 3.8) is 0 Å². The fourth-order valence-electron chi connectivity index (χ4n) is 1.98. The first-order chi connectivity index (χ1) is 9.01. The van der Waals surface area contributed by atoms with Gasteiger partial charge < -0.3 is 13.5 Å². The van der Waals surface area contributed by atoms with Gasteiger partial charge in [0.1, 0.15) is 11.5 Å². The molecule has 0 aliphatic heterocycles. The first-order valence-electron chi connectivity index (χ1n) is 5.83. The van der Waals surface area contributed by atoms with Gasteiger partial charge in [-0.3, -0.25) is 4.57 Å². The van der Waals surface area contributed by atoms with E-state index in [-0.39, 0.29) is 0 Å². The van der Waals surface area contributed by atoms with Gasteiger partial charge in [-0.05, 0) is 43.0 Å². The molecule has 0 N–H and O–H groups in total. The molecule has 104 valence electrons. The van der Waals surface area contributed by atoms with Crippen LogP contribution in [0.5, 0.6) is 0 Å². The maximum Gasteiger partial charge on any atom is 0.345 e. The van der Waals surface area contributed by atoms with Gasteiger partial charge in [0.05, 0.1) is 0 Å². The van der Waals surface area contributed by atoms with Gasteiger partial charge in [-0.15, -0.1) is 11.3 Å². The second-order valence-corrected chi connectivity index (χ2v) is 7.50. The van der Waals surface area contributed by atoms with Crippen LogP contribution >= 0.6 is 18.9 Å². The van der Waals surface area contributed by atoms with E-state index in [0.29, 0.717) is 5.76 Å². The molecule has 1 unspecified atom stereocenters. The molecule has 19 heavy (non-hydrogen) atoms. The Morgan fingerprint density at radius 1 is 1.21 bits per heavy atom. The molecule has 4 nitrogen and oxygen atoms in total. The minimum atomic E-state index is -3.30. The number of hydrogen-bond acceptors (Lipinski definition) is 5. The normalized spacial score (nSPS) is 13.7. The van der Waals surface area contributed by atoms with E-state index < -0.39 is 13.3 Å². The fraction of sp³-hybridized carbons (Fsp3) is 0.385. The standard InChI is InChI=1S/C13H17O4PS/c1-9-7-8-19-13(9)12(18(14,15-3)16-4)11-6-5-10(2)17-11/h5-8,12H,1-4H3. The molecule has 0 spiro atoms. The lowest BCUT2D eigenvalue weighted by atomic mass is 10.2. The largest absolute Gasteiger partial charge is 0.465 e. The third-order valence-electron chi connectivity index (χ3n) is 3.01. The average molecular weight is 300 g/mol. The quantitative estimate of drug-likeness (QED) is 0.761. The van der Waals surface area contributed by atoms with E-state index in [2.05, 4.69) is 0 Å². The summed E-state index contributed by atoms with van der Waals surface area (Å²) in [5, 5.41) is 1.96. The topological polar surface area (TPSA) is 48.7 Å². The van der Waals surface area contributed by atoms with Gasteiger partial charge in [0, 0.05) is 19.1 Å². The number of aryl methyl sites for hydroxylation is 2. The SMILES string of the molecule is COP(=O)(OC)C(c1ccc(C)o1)c1sccc1C. The second-order valence-electron chi connectivity index (χ2n) is 4.22. The Morgan fingerprint density at radius 2 is 1.89 bits per heavy atom. The van der Waals surface area contributed by atoms with Crippen LogP contribution in [0.15, 0.2) is 28.0 Å². The van der Waals surface area contributed by atoms with Crippen LogP contribution in [0.3, 0.4) is 0 Å². The van der Waals surface area contributed by atoms with Gasteiger partial charge >= 0.3 is 7.60 Å². The molecule has 0 amide bonds. The maximum atomic E-state index is 12.8. The first-order valence-corrected chi connectivity index (χ1v) is 8.32. The molecule has 0 fully saturated rings. The maximum absolute atomic E-state index is 12.8. The summed E-state index contributed by atoms with van der Waals surface area (Å²) in [4.78, 5) is 0.946. The zero-order chi connectivity index (χ0) is 14.0. The van der Waals surface area contributed by atoms with Crippen molar-refractivity contribution in [2.75, 3.05) is 14.2 Å². The van der Waals surface area contributed by atoms with E-state index in [1.54, 1.807) is 0 Å². The highest BCUT2D eigenvalue weighted by Crippen LogP contribution is 2.64. The molecule has 1 atom stereocenters. The monoisotopic (exact) mass is 300 g/mol. The van der Waals surface area contributed by atoms with Gasteiger partial charge in [0.15, 0.2) is 5.66 Å². The van der Waals surface area contributed by atoms with Crippen LogP contribution < -0.4 is 0 Å². The molecule has 2 heterocycles. The van der Waals surface area contributed by atoms with Crippen LogP contribution in [0, 0.1) is 13.8 Å². The third kappa shape index (κ3) is 2.70. The summed E-state index contributed by atoms with van der Waals surface area (Å²) in [5.74, 6) is 1.38. The highest BCUT2D eigenvalue weighted by molar-refractivity contribution is 7.54. The van der Waals surface area contributed by atoms with Gasteiger partial charge in [-0.1, -0.05) is 0 Å². The fourth-order valence-corrected chi connectivity index (χ4v) is 4.98. The van der Waals surface area contributed by atoms with Gasteiger partial charge in [0.2, 0.25) is 0 Å². The van der Waals surface area contributed by atoms with Gasteiger partial charge in [-0.2, -0.15) is 0 Å². The van der Waals surface area contributed by atoms with Crippen LogP contribution in [0.1, 0.15) is 27.6 Å². The zero-order valence-electron chi connectivity index (χ0n) is 11.4. The second kappa shape index (κ2) is 5.63. The van der Waals surface area contributed by atoms with E-state index >= 15 is 0 Å². The van der Waals surface area contributed by atoms with E-state index in [9.17, 15) is 4.57 Å². The van der Waals surface area contributed by atoms with E-state index in [1.165, 1.54) is 25.6 Å². The van der Waals surface area contributed by atoms with Crippen molar-refractivity contribution in [3.8, 4) is 0 Å². The first kappa shape index (κ1) is 14.5. The smallest absolute Gasteiger partial charge is 0.345 e. The number of rotatable bonds is 5. The predicted molar refractivity (Wildman–Crippen MR) is 76.0 cm³/mol. The Bertz CT molecular complexity index is 593. The van der Waals surface area contributed by atoms with Crippen LogP contribution in [0.25, 0.3) is 0 Å². The van der Waals surface area contributed by atoms with Gasteiger partial charge in [-0.25, -0.2) is 0 Å². The summed E-state index contributed by atoms with van der Waals surface area (Å²) in [6, 6.07) is 5.66. The Balaban J connectivity index is 2.57. The molecule has 6 heteroatoms. The Hall–Kier alpha value is -0.870. The molecule has 2 rings (SSSR count). The van der Waals surface area contributed by atoms with Crippen LogP contribution in [0.2, 0.25) is 0 Å². The van der Waals surface area contributed by atoms with Gasteiger partial charge in [0.25, 0.3) is 0 Å². The molecule has 0 aliphatic rings. The van der Waals surface area contributed by atoms with E-state index in [1.807, 2.05) is 37.4 Å². The lowest BCUT2D eigenvalue weighted by Gasteiger charge is -2.22. The van der Waals surface area contributed by atoms with Crippen molar-refractivity contribution in [2.24, 2.45) is 0 Å². The zero-order valence-corrected chi connectivity index (χ0v) is 13.1. The summed E-state index contributed by atoms with van der Waals surface area (Å²) in [6.45, 7) is 3.83. The van der Waals surface area contributed by atoms with Crippen molar-refractivity contribution in [3.05, 3.63) is 45.5 Å². The minimum Gasteiger partial charge on any atom is -0.465 e. The Kier molecular flexibility index (Phi) is 4.31. The van der Waals surface area contributed by atoms with Crippen molar-refractivity contribution < 1.29 is 18.0 Å². The van der Waals surface area contributed by atoms with Crippen LogP contribution in [-0.2, 0) is 13.6 Å². The summed E-state index contributed by atoms with van der Waals surface area (Å²) in [7, 11) is -0.501. The van der Waals surface area contributed by atoms with Crippen LogP contribution in [0.4, 0.5) is 0 Å². The molecular weight excluding hydrogens is 283 g/mol. The summed E-state index contributed by atoms with van der Waals surface area (Å²) >= 11 is 1.53. The minimum absolute atomic E-state index is 0.517. The van der Waals surface area contributed by atoms with Crippen molar-refractivity contribution in [2.45, 2.75) is 19.5 Å².